The highest BCUT2D eigenvalue weighted by atomic mass is 35.5. The Labute approximate surface area is 231 Å². The molecule has 4 aromatic rings. The molecule has 1 N–H and O–H groups in total. The summed E-state index contributed by atoms with van der Waals surface area (Å²) in [6.07, 6.45) is 1.19. The third-order valence-corrected chi connectivity index (χ3v) is 9.84. The van der Waals surface area contributed by atoms with E-state index in [0.717, 1.165) is 15.9 Å². The molecule has 1 fully saturated rings. The Morgan fingerprint density at radius 1 is 1.13 bits per heavy atom. The van der Waals surface area contributed by atoms with E-state index in [9.17, 15) is 13.2 Å². The number of amides is 1. The molecule has 0 radical (unpaired) electrons. The predicted molar refractivity (Wildman–Crippen MR) is 152 cm³/mol. The molecule has 1 unspecified atom stereocenters. The van der Waals surface area contributed by atoms with Crippen molar-refractivity contribution in [2.24, 2.45) is 5.92 Å². The van der Waals surface area contributed by atoms with Gasteiger partial charge in [-0.3, -0.25) is 4.79 Å². The lowest BCUT2D eigenvalue weighted by atomic mass is 9.87. The molecule has 200 valence electrons. The van der Waals surface area contributed by atoms with Crippen LogP contribution in [-0.4, -0.2) is 46.5 Å². The van der Waals surface area contributed by atoms with E-state index < -0.39 is 15.9 Å². The van der Waals surface area contributed by atoms with Gasteiger partial charge in [0.1, 0.15) is 5.82 Å². The number of fused-ring (bicyclic) bond motifs is 1. The molecule has 5 rings (SSSR count). The summed E-state index contributed by atoms with van der Waals surface area (Å²) < 4.78 is 30.4. The Morgan fingerprint density at radius 3 is 2.58 bits per heavy atom. The van der Waals surface area contributed by atoms with Gasteiger partial charge in [-0.1, -0.05) is 49.8 Å². The number of rotatable bonds is 5. The average Bonchev–Trinajstić information content (AvgIpc) is 3.46. The summed E-state index contributed by atoms with van der Waals surface area (Å²) in [4.78, 5) is 18.3. The fraction of sp³-hybridized carbons (Fsp3) is 0.370. The molecule has 0 saturated carbocycles. The molecule has 38 heavy (non-hydrogen) atoms. The van der Waals surface area contributed by atoms with Crippen LogP contribution >= 0.6 is 22.9 Å². The van der Waals surface area contributed by atoms with Crippen molar-refractivity contribution in [2.75, 3.05) is 18.4 Å². The standard InChI is InChI=1S/C27H30ClN5O3S2/c1-17-14-24(33(31-17)26-29-22-12-7-19(27(2,3)4)15-23(22)37-26)30-25(34)18-6-5-13-32(16-18)38(35,36)21-10-8-20(28)9-11-21/h7-12,14-15,18H,5-6,13,16H2,1-4H3,(H,30,34). The molecule has 0 bridgehead atoms. The number of hydrogen-bond donors (Lipinski definition) is 1. The van der Waals surface area contributed by atoms with Gasteiger partial charge in [-0.25, -0.2) is 13.4 Å². The zero-order chi connectivity index (χ0) is 27.2. The highest BCUT2D eigenvalue weighted by Crippen LogP contribution is 2.32. The first-order valence-electron chi connectivity index (χ1n) is 12.5. The van der Waals surface area contributed by atoms with Crippen molar-refractivity contribution in [1.29, 1.82) is 0 Å². The number of thiazole rings is 1. The number of piperidine rings is 1. The average molecular weight is 572 g/mol. The molecule has 11 heteroatoms. The van der Waals surface area contributed by atoms with E-state index in [1.165, 1.54) is 33.3 Å². The van der Waals surface area contributed by atoms with Crippen LogP contribution in [0.3, 0.4) is 0 Å². The van der Waals surface area contributed by atoms with Gasteiger partial charge >= 0.3 is 0 Å². The first kappa shape index (κ1) is 26.8. The molecule has 3 heterocycles. The molecule has 2 aromatic carbocycles. The van der Waals surface area contributed by atoms with Crippen LogP contribution in [0.1, 0.15) is 44.9 Å². The maximum atomic E-state index is 13.3. The Bertz CT molecular complexity index is 1600. The number of anilines is 1. The van der Waals surface area contributed by atoms with Crippen LogP contribution in [0.15, 0.2) is 53.4 Å². The van der Waals surface area contributed by atoms with Crippen molar-refractivity contribution in [3.05, 3.63) is 64.8 Å². The summed E-state index contributed by atoms with van der Waals surface area (Å²) in [5.74, 6) is -0.210. The maximum absolute atomic E-state index is 13.3. The number of carbonyl (C=O) groups excluding carboxylic acids is 1. The van der Waals surface area contributed by atoms with Crippen LogP contribution in [0.4, 0.5) is 5.82 Å². The molecule has 1 saturated heterocycles. The monoisotopic (exact) mass is 571 g/mol. The number of carbonyl (C=O) groups is 1. The van der Waals surface area contributed by atoms with E-state index in [1.807, 2.05) is 13.0 Å². The second-order valence-corrected chi connectivity index (χ2v) is 14.0. The molecule has 2 aromatic heterocycles. The largest absolute Gasteiger partial charge is 0.310 e. The minimum absolute atomic E-state index is 0.0225. The van der Waals surface area contributed by atoms with Gasteiger partial charge in [0.25, 0.3) is 0 Å². The number of aromatic nitrogens is 3. The zero-order valence-electron chi connectivity index (χ0n) is 21.7. The van der Waals surface area contributed by atoms with E-state index in [-0.39, 0.29) is 22.8 Å². The Kier molecular flexibility index (Phi) is 7.10. The van der Waals surface area contributed by atoms with Crippen LogP contribution in [0.25, 0.3) is 15.3 Å². The minimum atomic E-state index is -3.73. The molecule has 1 amide bonds. The van der Waals surface area contributed by atoms with Gasteiger partial charge < -0.3 is 5.32 Å². The first-order valence-corrected chi connectivity index (χ1v) is 15.1. The summed E-state index contributed by atoms with van der Waals surface area (Å²) in [5, 5.41) is 8.69. The number of benzene rings is 2. The molecule has 0 aliphatic carbocycles. The van der Waals surface area contributed by atoms with E-state index in [0.29, 0.717) is 35.4 Å². The number of nitrogens with one attached hydrogen (secondary N) is 1. The SMILES string of the molecule is Cc1cc(NC(=O)C2CCCN(S(=O)(=O)c3ccc(Cl)cc3)C2)n(-c2nc3ccc(C(C)(C)C)cc3s2)n1. The molecule has 1 aliphatic heterocycles. The van der Waals surface area contributed by atoms with Crippen LogP contribution in [0.2, 0.25) is 5.02 Å². The van der Waals surface area contributed by atoms with Crippen molar-refractivity contribution in [3.63, 3.8) is 0 Å². The molecule has 8 nitrogen and oxygen atoms in total. The zero-order valence-corrected chi connectivity index (χ0v) is 24.1. The Morgan fingerprint density at radius 2 is 1.87 bits per heavy atom. The fourth-order valence-corrected chi connectivity index (χ4v) is 7.18. The van der Waals surface area contributed by atoms with Crippen molar-refractivity contribution in [1.82, 2.24) is 19.1 Å². The Hall–Kier alpha value is -2.79. The Balaban J connectivity index is 1.36. The van der Waals surface area contributed by atoms with Crippen molar-refractivity contribution in [2.45, 2.75) is 50.8 Å². The number of halogens is 1. The summed E-state index contributed by atoms with van der Waals surface area (Å²) in [7, 11) is -3.73. The number of sulfonamides is 1. The molecule has 1 aliphatic rings. The first-order chi connectivity index (χ1) is 17.9. The normalized spacial score (nSPS) is 17.1. The lowest BCUT2D eigenvalue weighted by Gasteiger charge is -2.31. The minimum Gasteiger partial charge on any atom is -0.310 e. The van der Waals surface area contributed by atoms with E-state index in [2.05, 4.69) is 43.3 Å². The highest BCUT2D eigenvalue weighted by Gasteiger charge is 2.34. The van der Waals surface area contributed by atoms with Crippen LogP contribution < -0.4 is 5.32 Å². The van der Waals surface area contributed by atoms with Gasteiger partial charge in [0.2, 0.25) is 21.1 Å². The summed E-state index contributed by atoms with van der Waals surface area (Å²) >= 11 is 7.44. The van der Waals surface area contributed by atoms with E-state index >= 15 is 0 Å². The van der Waals surface area contributed by atoms with Gasteiger partial charge in [-0.15, -0.1) is 0 Å². The summed E-state index contributed by atoms with van der Waals surface area (Å²) in [6.45, 7) is 8.86. The molecule has 0 spiro atoms. The van der Waals surface area contributed by atoms with Gasteiger partial charge in [0.05, 0.1) is 26.7 Å². The topological polar surface area (TPSA) is 97.2 Å². The fourth-order valence-electron chi connectivity index (χ4n) is 4.56. The number of aryl methyl sites for hydroxylation is 1. The van der Waals surface area contributed by atoms with E-state index in [1.54, 1.807) is 22.9 Å². The lowest BCUT2D eigenvalue weighted by molar-refractivity contribution is -0.120. The van der Waals surface area contributed by atoms with Gasteiger partial charge in [-0.2, -0.15) is 14.1 Å². The van der Waals surface area contributed by atoms with E-state index in [4.69, 9.17) is 16.6 Å². The second kappa shape index (κ2) is 10.1. The number of hydrogen-bond acceptors (Lipinski definition) is 6. The molecule has 1 atom stereocenters. The van der Waals surface area contributed by atoms with Gasteiger partial charge in [0, 0.05) is 24.2 Å². The van der Waals surface area contributed by atoms with Crippen molar-refractivity contribution < 1.29 is 13.2 Å². The predicted octanol–water partition coefficient (Wildman–Crippen LogP) is 5.78. The molecular weight excluding hydrogens is 542 g/mol. The van der Waals surface area contributed by atoms with Crippen LogP contribution in [-0.2, 0) is 20.2 Å². The third kappa shape index (κ3) is 5.36. The van der Waals surface area contributed by atoms with Crippen molar-refractivity contribution in [3.8, 4) is 5.13 Å². The van der Waals surface area contributed by atoms with Gasteiger partial charge in [-0.05, 0) is 67.1 Å². The maximum Gasteiger partial charge on any atom is 0.243 e. The number of nitrogens with zero attached hydrogens (tertiary/aromatic N) is 4. The molecular formula is C27H30ClN5O3S2. The smallest absolute Gasteiger partial charge is 0.243 e. The van der Waals surface area contributed by atoms with Crippen LogP contribution in [0, 0.1) is 12.8 Å². The lowest BCUT2D eigenvalue weighted by Crippen LogP contribution is -2.43. The van der Waals surface area contributed by atoms with Crippen molar-refractivity contribution >= 4 is 54.9 Å². The van der Waals surface area contributed by atoms with Gasteiger partial charge in [0.15, 0.2) is 0 Å². The second-order valence-electron chi connectivity index (χ2n) is 10.7. The quantitative estimate of drug-likeness (QED) is 0.327. The third-order valence-electron chi connectivity index (χ3n) is 6.71. The summed E-state index contributed by atoms with van der Waals surface area (Å²) in [5.41, 5.74) is 2.86. The van der Waals surface area contributed by atoms with Crippen LogP contribution in [0.5, 0.6) is 0 Å². The summed E-state index contributed by atoms with van der Waals surface area (Å²) in [6, 6.07) is 14.2. The highest BCUT2D eigenvalue weighted by molar-refractivity contribution is 7.89.